The molecule has 0 bridgehead atoms. The van der Waals surface area contributed by atoms with Gasteiger partial charge in [-0.3, -0.25) is 4.79 Å². The van der Waals surface area contributed by atoms with Crippen LogP contribution in [0.15, 0.2) is 48.5 Å². The summed E-state index contributed by atoms with van der Waals surface area (Å²) in [4.78, 5) is 14.0. The van der Waals surface area contributed by atoms with Gasteiger partial charge in [0.05, 0.1) is 0 Å². The fourth-order valence-corrected chi connectivity index (χ4v) is 2.53. The quantitative estimate of drug-likeness (QED) is 0.891. The third kappa shape index (κ3) is 4.89. The van der Waals surface area contributed by atoms with Gasteiger partial charge in [0.1, 0.15) is 5.82 Å². The Morgan fingerprint density at radius 3 is 2.39 bits per heavy atom. The third-order valence-electron chi connectivity index (χ3n) is 3.97. The van der Waals surface area contributed by atoms with E-state index in [0.29, 0.717) is 18.5 Å². The van der Waals surface area contributed by atoms with Gasteiger partial charge in [-0.2, -0.15) is 0 Å². The molecule has 1 amide bonds. The minimum atomic E-state index is -0.390. The number of carbonyl (C=O) groups excluding carboxylic acids is 1. The number of nitrogens with zero attached hydrogens (tertiary/aromatic N) is 1. The van der Waals surface area contributed by atoms with E-state index in [0.717, 1.165) is 11.1 Å². The van der Waals surface area contributed by atoms with Gasteiger partial charge in [-0.05, 0) is 36.1 Å². The monoisotopic (exact) mass is 314 g/mol. The van der Waals surface area contributed by atoms with Crippen molar-refractivity contribution in [2.24, 2.45) is 5.73 Å². The van der Waals surface area contributed by atoms with Gasteiger partial charge in [-0.25, -0.2) is 4.39 Å². The summed E-state index contributed by atoms with van der Waals surface area (Å²) in [5.74, 6) is -0.305. The van der Waals surface area contributed by atoms with Crippen LogP contribution in [0.25, 0.3) is 0 Å². The van der Waals surface area contributed by atoms with E-state index in [4.69, 9.17) is 5.73 Å². The maximum atomic E-state index is 13.6. The standard InChI is InChI=1S/C19H23FN2O/c1-14-7-3-4-9-16(14)13-22(2)19(23)12-17(21)11-15-8-5-6-10-18(15)20/h3-10,17H,11-13,21H2,1-2H3/t17-/m1/s1. The first-order valence-electron chi connectivity index (χ1n) is 7.75. The molecule has 0 aliphatic rings. The molecule has 0 heterocycles. The van der Waals surface area contributed by atoms with Crippen molar-refractivity contribution in [1.29, 1.82) is 0 Å². The largest absolute Gasteiger partial charge is 0.341 e. The topological polar surface area (TPSA) is 46.3 Å². The van der Waals surface area contributed by atoms with Crippen LogP contribution in [0.4, 0.5) is 4.39 Å². The summed E-state index contributed by atoms with van der Waals surface area (Å²) in [5, 5.41) is 0. The predicted molar refractivity (Wildman–Crippen MR) is 90.3 cm³/mol. The second-order valence-corrected chi connectivity index (χ2v) is 5.94. The smallest absolute Gasteiger partial charge is 0.224 e. The van der Waals surface area contributed by atoms with Crippen molar-refractivity contribution < 1.29 is 9.18 Å². The summed E-state index contributed by atoms with van der Waals surface area (Å²) in [7, 11) is 1.77. The van der Waals surface area contributed by atoms with Crippen molar-refractivity contribution in [1.82, 2.24) is 4.90 Å². The Balaban J connectivity index is 1.90. The molecule has 1 atom stereocenters. The van der Waals surface area contributed by atoms with Gasteiger partial charge in [0, 0.05) is 26.1 Å². The van der Waals surface area contributed by atoms with E-state index in [9.17, 15) is 9.18 Å². The lowest BCUT2D eigenvalue weighted by Crippen LogP contribution is -2.34. The number of aryl methyl sites for hydroxylation is 1. The summed E-state index contributed by atoms with van der Waals surface area (Å²) in [6.07, 6.45) is 0.563. The van der Waals surface area contributed by atoms with E-state index in [1.165, 1.54) is 6.07 Å². The highest BCUT2D eigenvalue weighted by Gasteiger charge is 2.16. The average molecular weight is 314 g/mol. The van der Waals surface area contributed by atoms with E-state index >= 15 is 0 Å². The molecule has 0 unspecified atom stereocenters. The highest BCUT2D eigenvalue weighted by atomic mass is 19.1. The number of hydrogen-bond donors (Lipinski definition) is 1. The zero-order valence-corrected chi connectivity index (χ0v) is 13.6. The number of benzene rings is 2. The van der Waals surface area contributed by atoms with Crippen LogP contribution in [0, 0.1) is 12.7 Å². The molecule has 2 N–H and O–H groups in total. The van der Waals surface area contributed by atoms with E-state index in [1.807, 2.05) is 31.2 Å². The second kappa shape index (κ2) is 7.88. The Hall–Kier alpha value is -2.20. The Kier molecular flexibility index (Phi) is 5.88. The van der Waals surface area contributed by atoms with E-state index in [1.54, 1.807) is 30.1 Å². The molecule has 0 aliphatic carbocycles. The minimum absolute atomic E-state index is 0.0305. The molecule has 0 fully saturated rings. The Labute approximate surface area is 136 Å². The summed E-state index contributed by atoms with van der Waals surface area (Å²) in [6.45, 7) is 2.58. The number of nitrogens with two attached hydrogens (primary N) is 1. The highest BCUT2D eigenvalue weighted by molar-refractivity contribution is 5.76. The maximum Gasteiger partial charge on any atom is 0.224 e. The van der Waals surface area contributed by atoms with Crippen LogP contribution in [0.2, 0.25) is 0 Å². The maximum absolute atomic E-state index is 13.6. The first-order valence-corrected chi connectivity index (χ1v) is 7.75. The van der Waals surface area contributed by atoms with Crippen molar-refractivity contribution >= 4 is 5.91 Å². The zero-order valence-electron chi connectivity index (χ0n) is 13.6. The highest BCUT2D eigenvalue weighted by Crippen LogP contribution is 2.13. The van der Waals surface area contributed by atoms with Gasteiger partial charge in [0.25, 0.3) is 0 Å². The van der Waals surface area contributed by atoms with Gasteiger partial charge < -0.3 is 10.6 Å². The molecule has 0 spiro atoms. The number of rotatable bonds is 6. The Morgan fingerprint density at radius 2 is 1.74 bits per heavy atom. The van der Waals surface area contributed by atoms with E-state index < -0.39 is 6.04 Å². The molecular weight excluding hydrogens is 291 g/mol. The fraction of sp³-hybridized carbons (Fsp3) is 0.316. The fourth-order valence-electron chi connectivity index (χ4n) is 2.53. The molecule has 0 radical (unpaired) electrons. The van der Waals surface area contributed by atoms with Gasteiger partial charge in [-0.1, -0.05) is 42.5 Å². The molecule has 0 saturated heterocycles. The minimum Gasteiger partial charge on any atom is -0.341 e. The predicted octanol–water partition coefficient (Wildman–Crippen LogP) is 3.05. The van der Waals surface area contributed by atoms with Gasteiger partial charge >= 0.3 is 0 Å². The van der Waals surface area contributed by atoms with Crippen LogP contribution in [-0.4, -0.2) is 23.9 Å². The van der Waals surface area contributed by atoms with Crippen LogP contribution in [0.1, 0.15) is 23.1 Å². The lowest BCUT2D eigenvalue weighted by atomic mass is 10.0. The number of hydrogen-bond acceptors (Lipinski definition) is 2. The van der Waals surface area contributed by atoms with Crippen LogP contribution < -0.4 is 5.73 Å². The summed E-state index contributed by atoms with van der Waals surface area (Å²) < 4.78 is 13.6. The van der Waals surface area contributed by atoms with Crippen LogP contribution in [0.5, 0.6) is 0 Å². The number of halogens is 1. The average Bonchev–Trinajstić information content (AvgIpc) is 2.51. The SMILES string of the molecule is Cc1ccccc1CN(C)C(=O)C[C@H](N)Cc1ccccc1F. The van der Waals surface area contributed by atoms with E-state index in [-0.39, 0.29) is 18.1 Å². The van der Waals surface area contributed by atoms with Crippen LogP contribution in [0.3, 0.4) is 0 Å². The number of carbonyl (C=O) groups is 1. The first kappa shape index (κ1) is 17.2. The summed E-state index contributed by atoms with van der Waals surface area (Å²) >= 11 is 0. The molecular formula is C19H23FN2O. The molecule has 0 saturated carbocycles. The lowest BCUT2D eigenvalue weighted by Gasteiger charge is -2.21. The van der Waals surface area contributed by atoms with Crippen LogP contribution >= 0.6 is 0 Å². The molecule has 23 heavy (non-hydrogen) atoms. The second-order valence-electron chi connectivity index (χ2n) is 5.94. The Bertz CT molecular complexity index is 672. The normalized spacial score (nSPS) is 12.0. The van der Waals surface area contributed by atoms with Crippen molar-refractivity contribution in [3.05, 3.63) is 71.0 Å². The van der Waals surface area contributed by atoms with Crippen molar-refractivity contribution in [3.63, 3.8) is 0 Å². The van der Waals surface area contributed by atoms with Crippen LogP contribution in [-0.2, 0) is 17.8 Å². The van der Waals surface area contributed by atoms with E-state index in [2.05, 4.69) is 0 Å². The van der Waals surface area contributed by atoms with Crippen molar-refractivity contribution in [3.8, 4) is 0 Å². The van der Waals surface area contributed by atoms with Gasteiger partial charge in [0.2, 0.25) is 5.91 Å². The molecule has 122 valence electrons. The van der Waals surface area contributed by atoms with Crippen molar-refractivity contribution in [2.75, 3.05) is 7.05 Å². The third-order valence-corrected chi connectivity index (χ3v) is 3.97. The van der Waals surface area contributed by atoms with Gasteiger partial charge in [0.15, 0.2) is 0 Å². The Morgan fingerprint density at radius 1 is 1.13 bits per heavy atom. The molecule has 0 aliphatic heterocycles. The zero-order chi connectivity index (χ0) is 16.8. The molecule has 4 heteroatoms. The number of amides is 1. The molecule has 0 aromatic heterocycles. The lowest BCUT2D eigenvalue weighted by molar-refractivity contribution is -0.130. The molecule has 3 nitrogen and oxygen atoms in total. The molecule has 2 aromatic carbocycles. The summed E-state index contributed by atoms with van der Waals surface area (Å²) in [5.41, 5.74) is 8.84. The summed E-state index contributed by atoms with van der Waals surface area (Å²) in [6, 6.07) is 14.1. The van der Waals surface area contributed by atoms with Gasteiger partial charge in [-0.15, -0.1) is 0 Å². The molecule has 2 rings (SSSR count). The van der Waals surface area contributed by atoms with Crippen molar-refractivity contribution in [2.45, 2.75) is 32.4 Å². The molecule has 2 aromatic rings. The first-order chi connectivity index (χ1) is 11.0.